The second-order valence-corrected chi connectivity index (χ2v) is 7.23. The zero-order valence-electron chi connectivity index (χ0n) is 10.5. The van der Waals surface area contributed by atoms with Gasteiger partial charge in [-0.05, 0) is 30.2 Å². The van der Waals surface area contributed by atoms with Crippen LogP contribution in [0.15, 0.2) is 12.1 Å². The molecule has 0 spiro atoms. The Morgan fingerprint density at radius 3 is 2.84 bits per heavy atom. The lowest BCUT2D eigenvalue weighted by Gasteiger charge is -2.19. The first kappa shape index (κ1) is 14.9. The van der Waals surface area contributed by atoms with Gasteiger partial charge in [-0.1, -0.05) is 17.7 Å². The monoisotopic (exact) mass is 322 g/mol. The van der Waals surface area contributed by atoms with E-state index in [-0.39, 0.29) is 18.3 Å². The van der Waals surface area contributed by atoms with E-state index in [0.717, 1.165) is 25.1 Å². The Bertz CT molecular complexity index is 604. The molecule has 3 rings (SSSR count). The van der Waals surface area contributed by atoms with Gasteiger partial charge in [0.1, 0.15) is 0 Å². The van der Waals surface area contributed by atoms with Gasteiger partial charge in [0.15, 0.2) is 0 Å². The van der Waals surface area contributed by atoms with Gasteiger partial charge in [0.05, 0.1) is 17.0 Å². The van der Waals surface area contributed by atoms with Crippen molar-refractivity contribution in [3.63, 3.8) is 0 Å². The largest absolute Gasteiger partial charge is 0.316 e. The first-order chi connectivity index (χ1) is 8.48. The van der Waals surface area contributed by atoms with Crippen molar-refractivity contribution in [3.8, 4) is 0 Å². The van der Waals surface area contributed by atoms with Crippen molar-refractivity contribution in [1.29, 1.82) is 0 Å². The fourth-order valence-electron chi connectivity index (χ4n) is 2.90. The maximum atomic E-state index is 11.9. The molecule has 0 aromatic heterocycles. The molecule has 2 aliphatic rings. The van der Waals surface area contributed by atoms with Gasteiger partial charge in [-0.25, -0.2) is 8.42 Å². The van der Waals surface area contributed by atoms with Crippen LogP contribution in [0, 0.1) is 0 Å². The third kappa shape index (κ3) is 2.44. The van der Waals surface area contributed by atoms with Crippen molar-refractivity contribution < 1.29 is 8.42 Å². The SMILES string of the molecule is CS(=O)(=O)N1C[C@@H]2CNCCc3ccc(Cl)c1c32.Cl. The van der Waals surface area contributed by atoms with Crippen LogP contribution in [-0.2, 0) is 16.4 Å². The van der Waals surface area contributed by atoms with Gasteiger partial charge in [-0.2, -0.15) is 0 Å². The van der Waals surface area contributed by atoms with Gasteiger partial charge in [0, 0.05) is 19.0 Å². The average molecular weight is 323 g/mol. The van der Waals surface area contributed by atoms with Crippen molar-refractivity contribution in [2.24, 2.45) is 0 Å². The van der Waals surface area contributed by atoms with Gasteiger partial charge in [-0.15, -0.1) is 12.4 Å². The van der Waals surface area contributed by atoms with Crippen LogP contribution in [0.4, 0.5) is 5.69 Å². The molecule has 0 amide bonds. The van der Waals surface area contributed by atoms with E-state index in [2.05, 4.69) is 5.32 Å². The Hall–Kier alpha value is -0.490. The Balaban J connectivity index is 0.00000133. The molecule has 1 N–H and O–H groups in total. The molecule has 0 aliphatic carbocycles. The van der Waals surface area contributed by atoms with E-state index in [0.29, 0.717) is 17.3 Å². The lowest BCUT2D eigenvalue weighted by Crippen LogP contribution is -2.31. The third-order valence-corrected chi connectivity index (χ3v) is 5.10. The van der Waals surface area contributed by atoms with E-state index >= 15 is 0 Å². The van der Waals surface area contributed by atoms with Gasteiger partial charge in [0.2, 0.25) is 10.0 Å². The molecule has 1 aromatic rings. The van der Waals surface area contributed by atoms with Crippen LogP contribution in [0.3, 0.4) is 0 Å². The van der Waals surface area contributed by atoms with Crippen molar-refractivity contribution >= 4 is 39.7 Å². The highest BCUT2D eigenvalue weighted by Crippen LogP contribution is 2.45. The van der Waals surface area contributed by atoms with E-state index in [1.54, 1.807) is 0 Å². The summed E-state index contributed by atoms with van der Waals surface area (Å²) in [7, 11) is -3.26. The molecule has 0 unspecified atom stereocenters. The molecular weight excluding hydrogens is 307 g/mol. The van der Waals surface area contributed by atoms with Gasteiger partial charge in [0.25, 0.3) is 0 Å². The predicted octanol–water partition coefficient (Wildman–Crippen LogP) is 1.77. The number of hydrogen-bond acceptors (Lipinski definition) is 3. The number of nitrogens with one attached hydrogen (secondary N) is 1. The van der Waals surface area contributed by atoms with Crippen LogP contribution >= 0.6 is 24.0 Å². The number of sulfonamides is 1. The van der Waals surface area contributed by atoms with Crippen LogP contribution in [0.1, 0.15) is 17.0 Å². The summed E-state index contributed by atoms with van der Waals surface area (Å²) in [5, 5.41) is 3.89. The van der Waals surface area contributed by atoms with E-state index < -0.39 is 10.0 Å². The highest BCUT2D eigenvalue weighted by atomic mass is 35.5. The molecule has 0 bridgehead atoms. The summed E-state index contributed by atoms with van der Waals surface area (Å²) in [6, 6.07) is 3.83. The first-order valence-corrected chi connectivity index (χ1v) is 8.21. The van der Waals surface area contributed by atoms with Crippen molar-refractivity contribution in [3.05, 3.63) is 28.3 Å². The highest BCUT2D eigenvalue weighted by Gasteiger charge is 2.37. The summed E-state index contributed by atoms with van der Waals surface area (Å²) >= 11 is 6.22. The second kappa shape index (κ2) is 5.13. The molecule has 0 saturated carbocycles. The summed E-state index contributed by atoms with van der Waals surface area (Å²) in [6.07, 6.45) is 2.16. The molecule has 1 atom stereocenters. The van der Waals surface area contributed by atoms with Crippen LogP contribution in [0.2, 0.25) is 5.02 Å². The molecule has 2 aliphatic heterocycles. The maximum Gasteiger partial charge on any atom is 0.232 e. The average Bonchev–Trinajstić information content (AvgIpc) is 2.57. The molecule has 4 nitrogen and oxygen atoms in total. The topological polar surface area (TPSA) is 49.4 Å². The minimum atomic E-state index is -3.26. The van der Waals surface area contributed by atoms with E-state index in [9.17, 15) is 8.42 Å². The number of hydrogen-bond donors (Lipinski definition) is 1. The van der Waals surface area contributed by atoms with Crippen LogP contribution < -0.4 is 9.62 Å². The van der Waals surface area contributed by atoms with Crippen LogP contribution in [-0.4, -0.2) is 34.3 Å². The summed E-state index contributed by atoms with van der Waals surface area (Å²) in [5.74, 6) is 0.214. The number of rotatable bonds is 1. The standard InChI is InChI=1S/C12H15ClN2O2S.ClH/c1-18(16,17)15-7-9-6-14-5-4-8-2-3-10(13)12(15)11(8)9;/h2-3,9,14H,4-7H2,1H3;1H/t9-;/m0./s1. The molecule has 0 radical (unpaired) electrons. The zero-order chi connectivity index (χ0) is 12.9. The minimum absolute atomic E-state index is 0. The molecule has 106 valence electrons. The number of anilines is 1. The molecule has 2 heterocycles. The molecule has 7 heteroatoms. The smallest absolute Gasteiger partial charge is 0.232 e. The second-order valence-electron chi connectivity index (χ2n) is 4.91. The molecule has 1 aromatic carbocycles. The van der Waals surface area contributed by atoms with Crippen LogP contribution in [0.25, 0.3) is 0 Å². The van der Waals surface area contributed by atoms with Crippen molar-refractivity contribution in [2.45, 2.75) is 12.3 Å². The lowest BCUT2D eigenvalue weighted by molar-refractivity contribution is 0.589. The van der Waals surface area contributed by atoms with Gasteiger partial charge >= 0.3 is 0 Å². The molecule has 0 fully saturated rings. The first-order valence-electron chi connectivity index (χ1n) is 5.98. The summed E-state index contributed by atoms with van der Waals surface area (Å²) in [4.78, 5) is 0. The molecule has 19 heavy (non-hydrogen) atoms. The number of halogens is 2. The quantitative estimate of drug-likeness (QED) is 0.857. The Morgan fingerprint density at radius 2 is 2.16 bits per heavy atom. The highest BCUT2D eigenvalue weighted by molar-refractivity contribution is 7.92. The van der Waals surface area contributed by atoms with Crippen molar-refractivity contribution in [1.82, 2.24) is 5.32 Å². The molecular formula is C12H16Cl2N2O2S. The van der Waals surface area contributed by atoms with Gasteiger partial charge < -0.3 is 5.32 Å². The maximum absolute atomic E-state index is 11.9. The fraction of sp³-hybridized carbons (Fsp3) is 0.500. The Labute approximate surface area is 124 Å². The fourth-order valence-corrected chi connectivity index (χ4v) is 4.20. The van der Waals surface area contributed by atoms with Gasteiger partial charge in [-0.3, -0.25) is 4.31 Å². The van der Waals surface area contributed by atoms with E-state index in [1.165, 1.54) is 16.1 Å². The summed E-state index contributed by atoms with van der Waals surface area (Å²) in [6.45, 7) is 2.24. The minimum Gasteiger partial charge on any atom is -0.316 e. The number of benzene rings is 1. The Kier molecular flexibility index (Phi) is 4.02. The summed E-state index contributed by atoms with van der Waals surface area (Å²) in [5.41, 5.74) is 3.04. The summed E-state index contributed by atoms with van der Waals surface area (Å²) < 4.78 is 25.2. The van der Waals surface area contributed by atoms with E-state index in [4.69, 9.17) is 11.6 Å². The normalized spacial score (nSPS) is 21.6. The Morgan fingerprint density at radius 1 is 1.42 bits per heavy atom. The third-order valence-electron chi connectivity index (χ3n) is 3.66. The van der Waals surface area contributed by atoms with E-state index in [1.807, 2.05) is 12.1 Å². The lowest BCUT2D eigenvalue weighted by atomic mass is 9.95. The predicted molar refractivity (Wildman–Crippen MR) is 80.2 cm³/mol. The zero-order valence-corrected chi connectivity index (χ0v) is 12.9. The van der Waals surface area contributed by atoms with Crippen molar-refractivity contribution in [2.75, 3.05) is 30.2 Å². The molecule has 0 saturated heterocycles. The van der Waals surface area contributed by atoms with Crippen LogP contribution in [0.5, 0.6) is 0 Å². The number of nitrogens with zero attached hydrogens (tertiary/aromatic N) is 1.